The zero-order chi connectivity index (χ0) is 17.7. The molecule has 4 saturated heterocycles. The van der Waals surface area contributed by atoms with Crippen LogP contribution in [-0.2, 0) is 6.54 Å². The van der Waals surface area contributed by atoms with Gasteiger partial charge in [0.05, 0.1) is 5.69 Å². The zero-order valence-electron chi connectivity index (χ0n) is 14.7. The van der Waals surface area contributed by atoms with Crippen LogP contribution in [0.15, 0.2) is 42.6 Å². The van der Waals surface area contributed by atoms with Crippen molar-refractivity contribution in [1.29, 1.82) is 0 Å². The topological polar surface area (TPSA) is 19.4 Å². The summed E-state index contributed by atoms with van der Waals surface area (Å²) in [7, 11) is 0. The number of piperidine rings is 3. The molecule has 0 aliphatic carbocycles. The first-order valence-electron chi connectivity index (χ1n) is 9.53. The van der Waals surface area contributed by atoms with Crippen molar-refractivity contribution in [2.75, 3.05) is 19.6 Å². The summed E-state index contributed by atoms with van der Waals surface area (Å²) in [5.74, 6) is -0.125. The van der Waals surface area contributed by atoms with Crippen molar-refractivity contribution in [3.63, 3.8) is 0 Å². The summed E-state index contributed by atoms with van der Waals surface area (Å²) in [6.45, 7) is 3.86. The first kappa shape index (κ1) is 16.3. The van der Waals surface area contributed by atoms with E-state index in [1.807, 2.05) is 18.3 Å². The van der Waals surface area contributed by atoms with Gasteiger partial charge in [-0.15, -0.1) is 0 Å². The van der Waals surface area contributed by atoms with Crippen LogP contribution in [0, 0.1) is 17.6 Å². The highest BCUT2D eigenvalue weighted by Gasteiger charge is 2.53. The van der Waals surface area contributed by atoms with E-state index in [0.29, 0.717) is 18.0 Å². The molecule has 3 atom stereocenters. The Hall–Kier alpha value is -1.85. The first-order valence-corrected chi connectivity index (χ1v) is 9.53. The van der Waals surface area contributed by atoms with E-state index in [-0.39, 0.29) is 5.92 Å². The molecule has 6 rings (SSSR count). The van der Waals surface area contributed by atoms with Crippen LogP contribution < -0.4 is 0 Å². The van der Waals surface area contributed by atoms with Gasteiger partial charge in [-0.3, -0.25) is 14.8 Å². The second-order valence-corrected chi connectivity index (χ2v) is 7.91. The van der Waals surface area contributed by atoms with Gasteiger partial charge in [-0.1, -0.05) is 6.07 Å². The maximum absolute atomic E-state index is 13.9. The van der Waals surface area contributed by atoms with Crippen molar-refractivity contribution < 1.29 is 8.78 Å². The predicted octanol–water partition coefficient (Wildman–Crippen LogP) is 3.42. The molecular weight excluding hydrogens is 332 g/mol. The smallest absolute Gasteiger partial charge is 0.126 e. The highest BCUT2D eigenvalue weighted by Crippen LogP contribution is 2.47. The summed E-state index contributed by atoms with van der Waals surface area (Å²) < 4.78 is 27.7. The van der Waals surface area contributed by atoms with Gasteiger partial charge >= 0.3 is 0 Å². The minimum Gasteiger partial charge on any atom is -0.298 e. The van der Waals surface area contributed by atoms with Crippen LogP contribution in [0.3, 0.4) is 0 Å². The second-order valence-electron chi connectivity index (χ2n) is 7.91. The van der Waals surface area contributed by atoms with E-state index < -0.39 is 11.6 Å². The van der Waals surface area contributed by atoms with Crippen LogP contribution in [0.5, 0.6) is 0 Å². The van der Waals surface area contributed by atoms with Gasteiger partial charge in [-0.05, 0) is 61.7 Å². The minimum atomic E-state index is -0.476. The molecule has 0 unspecified atom stereocenters. The van der Waals surface area contributed by atoms with E-state index in [1.54, 1.807) is 0 Å². The van der Waals surface area contributed by atoms with Crippen molar-refractivity contribution in [2.45, 2.75) is 37.4 Å². The van der Waals surface area contributed by atoms with Crippen LogP contribution in [0.2, 0.25) is 0 Å². The molecular formula is C21H23F2N3. The molecule has 4 fully saturated rings. The zero-order valence-corrected chi connectivity index (χ0v) is 14.7. The quantitative estimate of drug-likeness (QED) is 0.841. The van der Waals surface area contributed by atoms with Gasteiger partial charge in [0.2, 0.25) is 0 Å². The lowest BCUT2D eigenvalue weighted by atomic mass is 9.75. The third-order valence-corrected chi connectivity index (χ3v) is 6.50. The lowest BCUT2D eigenvalue weighted by molar-refractivity contribution is -0.00900. The highest BCUT2D eigenvalue weighted by molar-refractivity contribution is 5.28. The van der Waals surface area contributed by atoms with E-state index in [1.165, 1.54) is 25.0 Å². The molecule has 5 heteroatoms. The van der Waals surface area contributed by atoms with Crippen molar-refractivity contribution >= 4 is 0 Å². The van der Waals surface area contributed by atoms with Gasteiger partial charge in [-0.2, -0.15) is 0 Å². The number of likely N-dealkylation sites (tertiary alicyclic amines) is 1. The summed E-state index contributed by atoms with van der Waals surface area (Å²) in [6, 6.07) is 10.8. The molecule has 1 aromatic heterocycles. The highest BCUT2D eigenvalue weighted by atomic mass is 19.1. The van der Waals surface area contributed by atoms with Crippen LogP contribution in [0.1, 0.15) is 30.0 Å². The van der Waals surface area contributed by atoms with Crippen molar-refractivity contribution in [2.24, 2.45) is 5.92 Å². The third kappa shape index (κ3) is 2.74. The Morgan fingerprint density at radius 2 is 1.77 bits per heavy atom. The summed E-state index contributed by atoms with van der Waals surface area (Å²) in [5.41, 5.74) is 1.86. The van der Waals surface area contributed by atoms with Crippen molar-refractivity contribution in [3.8, 4) is 0 Å². The molecule has 3 nitrogen and oxygen atoms in total. The maximum Gasteiger partial charge on any atom is 0.126 e. The van der Waals surface area contributed by atoms with E-state index in [2.05, 4.69) is 20.9 Å². The molecule has 4 aliphatic rings. The molecule has 0 amide bonds. The van der Waals surface area contributed by atoms with Crippen molar-refractivity contribution in [1.82, 2.24) is 14.8 Å². The number of benzene rings is 1. The Morgan fingerprint density at radius 3 is 2.46 bits per heavy atom. The average molecular weight is 355 g/mol. The number of aromatic nitrogens is 1. The lowest BCUT2D eigenvalue weighted by Gasteiger charge is -2.51. The Kier molecular flexibility index (Phi) is 4.02. The van der Waals surface area contributed by atoms with E-state index in [4.69, 9.17) is 0 Å². The van der Waals surface area contributed by atoms with Gasteiger partial charge in [0, 0.05) is 43.4 Å². The van der Waals surface area contributed by atoms with Crippen LogP contribution >= 0.6 is 0 Å². The standard InChI is InChI=1S/C21H23F2N3/c22-16-9-15(10-17(23)11-16)19-13-26(12-18-3-1-2-6-24-18)20-14-4-7-25(8-5-14)21(19)20/h1-3,6,9-11,14,19-21H,4-5,7-8,12-13H2/t19-,20+,21+/m0/s1. The fraction of sp³-hybridized carbons (Fsp3) is 0.476. The van der Waals surface area contributed by atoms with Crippen LogP contribution in [0.4, 0.5) is 8.78 Å². The number of pyridine rings is 1. The Morgan fingerprint density at radius 1 is 1.00 bits per heavy atom. The van der Waals surface area contributed by atoms with Gasteiger partial charge in [0.25, 0.3) is 0 Å². The van der Waals surface area contributed by atoms with Crippen molar-refractivity contribution in [3.05, 3.63) is 65.5 Å². The molecule has 1 aromatic carbocycles. The summed E-state index contributed by atoms with van der Waals surface area (Å²) in [5, 5.41) is 0. The molecule has 2 bridgehead atoms. The number of rotatable bonds is 3. The average Bonchev–Trinajstić information content (AvgIpc) is 3.04. The Bertz CT molecular complexity index is 769. The van der Waals surface area contributed by atoms with Crippen LogP contribution in [0.25, 0.3) is 0 Å². The normalized spacial score (nSPS) is 33.4. The maximum atomic E-state index is 13.9. The Balaban J connectivity index is 1.50. The first-order chi connectivity index (χ1) is 12.7. The number of fused-ring (bicyclic) bond motifs is 2. The molecule has 136 valence electrons. The molecule has 26 heavy (non-hydrogen) atoms. The molecule has 0 spiro atoms. The summed E-state index contributed by atoms with van der Waals surface area (Å²) in [4.78, 5) is 9.56. The molecule has 0 saturated carbocycles. The van der Waals surface area contributed by atoms with Crippen LogP contribution in [-0.4, -0.2) is 46.5 Å². The fourth-order valence-corrected chi connectivity index (χ4v) is 5.50. The fourth-order valence-electron chi connectivity index (χ4n) is 5.50. The molecule has 0 N–H and O–H groups in total. The molecule has 4 aliphatic heterocycles. The third-order valence-electron chi connectivity index (χ3n) is 6.50. The number of hydrogen-bond donors (Lipinski definition) is 0. The number of hydrogen-bond acceptors (Lipinski definition) is 3. The second kappa shape index (κ2) is 6.39. The van der Waals surface area contributed by atoms with Gasteiger partial charge in [-0.25, -0.2) is 8.78 Å². The summed E-state index contributed by atoms with van der Waals surface area (Å²) >= 11 is 0. The van der Waals surface area contributed by atoms with Gasteiger partial charge in [0.15, 0.2) is 0 Å². The number of nitrogens with zero attached hydrogens (tertiary/aromatic N) is 3. The molecule has 0 radical (unpaired) electrons. The van der Waals surface area contributed by atoms with E-state index in [0.717, 1.165) is 43.5 Å². The minimum absolute atomic E-state index is 0.150. The largest absolute Gasteiger partial charge is 0.298 e. The lowest BCUT2D eigenvalue weighted by Crippen LogP contribution is -2.60. The molecule has 5 heterocycles. The SMILES string of the molecule is Fc1cc(F)cc([C@@H]2CN(Cc3ccccn3)[C@@H]3C4CCN(CC4)[C@@H]32)c1. The Labute approximate surface area is 152 Å². The number of halogens is 2. The van der Waals surface area contributed by atoms with E-state index in [9.17, 15) is 8.78 Å². The predicted molar refractivity (Wildman–Crippen MR) is 95.6 cm³/mol. The van der Waals surface area contributed by atoms with Gasteiger partial charge < -0.3 is 0 Å². The summed E-state index contributed by atoms with van der Waals surface area (Å²) in [6.07, 6.45) is 4.28. The monoisotopic (exact) mass is 355 g/mol. The van der Waals surface area contributed by atoms with E-state index >= 15 is 0 Å². The van der Waals surface area contributed by atoms with Gasteiger partial charge in [0.1, 0.15) is 11.6 Å². The molecule has 2 aromatic rings.